The maximum atomic E-state index is 12.8. The van der Waals surface area contributed by atoms with Crippen LogP contribution in [0.2, 0.25) is 0 Å². The molecule has 32 heavy (non-hydrogen) atoms. The van der Waals surface area contributed by atoms with Crippen LogP contribution in [0.3, 0.4) is 0 Å². The number of nitrogens with two attached hydrogens (primary N) is 1. The van der Waals surface area contributed by atoms with Crippen LogP contribution < -0.4 is 15.8 Å². The Bertz CT molecular complexity index is 1150. The van der Waals surface area contributed by atoms with Gasteiger partial charge in [0.1, 0.15) is 24.0 Å². The Morgan fingerprint density at radius 1 is 1.25 bits per heavy atom. The molecule has 0 bridgehead atoms. The van der Waals surface area contributed by atoms with Gasteiger partial charge in [0.25, 0.3) is 0 Å². The van der Waals surface area contributed by atoms with Crippen LogP contribution in [0.15, 0.2) is 65.8 Å². The molecular formula is C23H23N3O5S. The zero-order valence-corrected chi connectivity index (χ0v) is 17.9. The van der Waals surface area contributed by atoms with Crippen molar-refractivity contribution < 1.29 is 24.5 Å². The average Bonchev–Trinajstić information content (AvgIpc) is 3.29. The predicted octanol–water partition coefficient (Wildman–Crippen LogP) is 1.31. The number of aliphatic hydroxyl groups is 2. The summed E-state index contributed by atoms with van der Waals surface area (Å²) in [5, 5.41) is 27.1. The molecule has 5 N–H and O–H groups in total. The minimum Gasteiger partial charge on any atom is -0.483 e. The summed E-state index contributed by atoms with van der Waals surface area (Å²) in [7, 11) is 0. The van der Waals surface area contributed by atoms with Crippen LogP contribution in [0, 0.1) is 0 Å². The summed E-state index contributed by atoms with van der Waals surface area (Å²) >= 11 is 1.46. The van der Waals surface area contributed by atoms with Crippen molar-refractivity contribution in [1.29, 1.82) is 0 Å². The molecule has 2 amide bonds. The number of ether oxygens (including phenoxy) is 1. The highest BCUT2D eigenvalue weighted by atomic mass is 32.1. The van der Waals surface area contributed by atoms with E-state index in [1.165, 1.54) is 17.4 Å². The van der Waals surface area contributed by atoms with Crippen LogP contribution in [0.4, 0.5) is 0 Å². The largest absolute Gasteiger partial charge is 0.483 e. The Morgan fingerprint density at radius 3 is 2.84 bits per heavy atom. The Balaban J connectivity index is 1.51. The van der Waals surface area contributed by atoms with E-state index >= 15 is 0 Å². The Morgan fingerprint density at radius 2 is 2.09 bits per heavy atom. The van der Waals surface area contributed by atoms with E-state index in [1.807, 2.05) is 29.6 Å². The number of nitrogens with one attached hydrogen (secondary N) is 1. The third kappa shape index (κ3) is 4.96. The van der Waals surface area contributed by atoms with Crippen LogP contribution in [0.25, 0.3) is 10.8 Å². The van der Waals surface area contributed by atoms with Gasteiger partial charge in [0.2, 0.25) is 11.8 Å². The fraction of sp³-hybridized carbons (Fsp3) is 0.261. The molecule has 4 unspecified atom stereocenters. The zero-order chi connectivity index (χ0) is 22.7. The number of benzene rings is 1. The number of nitrogens with zero attached hydrogens (tertiary/aromatic N) is 1. The van der Waals surface area contributed by atoms with Gasteiger partial charge in [-0.05, 0) is 41.1 Å². The second-order valence-corrected chi connectivity index (χ2v) is 8.67. The second-order valence-electron chi connectivity index (χ2n) is 7.63. The van der Waals surface area contributed by atoms with Crippen molar-refractivity contribution in [3.8, 4) is 5.75 Å². The van der Waals surface area contributed by atoms with Gasteiger partial charge in [0.05, 0.1) is 6.10 Å². The lowest BCUT2D eigenvalue weighted by Gasteiger charge is -2.31. The van der Waals surface area contributed by atoms with E-state index < -0.39 is 36.2 Å². The van der Waals surface area contributed by atoms with Crippen LogP contribution in [0.1, 0.15) is 11.3 Å². The number of carbonyl (C=O) groups is 2. The predicted molar refractivity (Wildman–Crippen MR) is 120 cm³/mol. The van der Waals surface area contributed by atoms with E-state index in [4.69, 9.17) is 10.5 Å². The third-order valence-electron chi connectivity index (χ3n) is 5.34. The number of amides is 2. The van der Waals surface area contributed by atoms with E-state index in [2.05, 4.69) is 10.3 Å². The monoisotopic (exact) mass is 453 g/mol. The number of aromatic nitrogens is 1. The molecule has 1 aliphatic rings. The number of primary amides is 1. The second kappa shape index (κ2) is 9.47. The smallest absolute Gasteiger partial charge is 0.247 e. The Labute approximate surface area is 188 Å². The van der Waals surface area contributed by atoms with Crippen molar-refractivity contribution in [2.24, 2.45) is 5.73 Å². The molecule has 0 saturated heterocycles. The lowest BCUT2D eigenvalue weighted by Crippen LogP contribution is -2.49. The zero-order valence-electron chi connectivity index (χ0n) is 17.0. The van der Waals surface area contributed by atoms with Crippen molar-refractivity contribution in [3.05, 3.63) is 70.7 Å². The molecule has 3 aromatic rings. The quantitative estimate of drug-likeness (QED) is 0.426. The highest BCUT2D eigenvalue weighted by Gasteiger charge is 2.35. The SMILES string of the molecule is NC(=O)C(Cc1cccs1)NC(=O)C1=CC(Oc2ccc3ccncc3c2)C(O)C(O)C1. The first kappa shape index (κ1) is 21.9. The molecule has 0 fully saturated rings. The average molecular weight is 454 g/mol. The molecule has 0 saturated carbocycles. The van der Waals surface area contributed by atoms with E-state index in [-0.39, 0.29) is 18.4 Å². The third-order valence-corrected chi connectivity index (χ3v) is 6.23. The highest BCUT2D eigenvalue weighted by molar-refractivity contribution is 7.09. The summed E-state index contributed by atoms with van der Waals surface area (Å²) in [5.41, 5.74) is 5.68. The van der Waals surface area contributed by atoms with Crippen molar-refractivity contribution in [2.45, 2.75) is 37.2 Å². The molecule has 2 heterocycles. The summed E-state index contributed by atoms with van der Waals surface area (Å²) in [5.74, 6) is -0.721. The molecule has 9 heteroatoms. The van der Waals surface area contributed by atoms with Gasteiger partial charge in [-0.15, -0.1) is 11.3 Å². The van der Waals surface area contributed by atoms with Crippen LogP contribution in [-0.2, 0) is 16.0 Å². The first-order valence-electron chi connectivity index (χ1n) is 10.1. The molecule has 166 valence electrons. The number of aliphatic hydroxyl groups excluding tert-OH is 2. The number of carbonyl (C=O) groups excluding carboxylic acids is 2. The number of fused-ring (bicyclic) bond motifs is 1. The van der Waals surface area contributed by atoms with Crippen LogP contribution in [-0.4, -0.2) is 51.4 Å². The summed E-state index contributed by atoms with van der Waals surface area (Å²) < 4.78 is 5.88. The molecule has 1 aliphatic carbocycles. The van der Waals surface area contributed by atoms with Gasteiger partial charge in [0.15, 0.2) is 0 Å². The molecule has 4 atom stereocenters. The Hall–Kier alpha value is -3.27. The summed E-state index contributed by atoms with van der Waals surface area (Å²) in [6.45, 7) is 0. The van der Waals surface area contributed by atoms with Crippen LogP contribution in [0.5, 0.6) is 5.75 Å². The summed E-state index contributed by atoms with van der Waals surface area (Å²) in [6, 6.07) is 10.1. The summed E-state index contributed by atoms with van der Waals surface area (Å²) in [4.78, 5) is 29.7. The maximum absolute atomic E-state index is 12.8. The van der Waals surface area contributed by atoms with Gasteiger partial charge < -0.3 is 26.0 Å². The molecule has 4 rings (SSSR count). The van der Waals surface area contributed by atoms with Crippen molar-refractivity contribution in [3.63, 3.8) is 0 Å². The minimum absolute atomic E-state index is 0.0705. The number of thiophene rings is 1. The minimum atomic E-state index is -1.21. The van der Waals surface area contributed by atoms with Gasteiger partial charge in [-0.3, -0.25) is 14.6 Å². The standard InChI is InChI=1S/C23H23N3O5S/c24-22(29)18(11-17-2-1-7-32-17)26-23(30)14-9-19(27)21(28)20(10-14)31-16-4-3-13-5-6-25-12-15(13)8-16/h1-8,10,12,18-21,27-28H,9,11H2,(H2,24,29)(H,26,30). The van der Waals surface area contributed by atoms with Gasteiger partial charge in [0, 0.05) is 41.1 Å². The fourth-order valence-corrected chi connectivity index (χ4v) is 4.35. The lowest BCUT2D eigenvalue weighted by molar-refractivity contribution is -0.126. The fourth-order valence-electron chi connectivity index (χ4n) is 3.60. The number of rotatable bonds is 7. The molecule has 2 aromatic heterocycles. The van der Waals surface area contributed by atoms with E-state index in [0.717, 1.165) is 15.6 Å². The van der Waals surface area contributed by atoms with Crippen molar-refractivity contribution in [2.75, 3.05) is 0 Å². The summed E-state index contributed by atoms with van der Waals surface area (Å²) in [6.07, 6.45) is 1.71. The van der Waals surface area contributed by atoms with Crippen molar-refractivity contribution in [1.82, 2.24) is 10.3 Å². The number of hydrogen-bond donors (Lipinski definition) is 4. The van der Waals surface area contributed by atoms with E-state index in [1.54, 1.807) is 24.5 Å². The van der Waals surface area contributed by atoms with Crippen molar-refractivity contribution >= 4 is 33.9 Å². The normalized spacial score (nSPS) is 21.6. The molecule has 0 aliphatic heterocycles. The van der Waals surface area contributed by atoms with E-state index in [0.29, 0.717) is 5.75 Å². The van der Waals surface area contributed by atoms with Gasteiger partial charge >= 0.3 is 0 Å². The molecule has 0 radical (unpaired) electrons. The van der Waals surface area contributed by atoms with Gasteiger partial charge in [-0.25, -0.2) is 0 Å². The molecule has 0 spiro atoms. The lowest BCUT2D eigenvalue weighted by atomic mass is 9.91. The topological polar surface area (TPSA) is 135 Å². The number of pyridine rings is 1. The van der Waals surface area contributed by atoms with Gasteiger partial charge in [-0.1, -0.05) is 12.1 Å². The van der Waals surface area contributed by atoms with Gasteiger partial charge in [-0.2, -0.15) is 0 Å². The first-order chi connectivity index (χ1) is 15.4. The maximum Gasteiger partial charge on any atom is 0.247 e. The molecular weight excluding hydrogens is 430 g/mol. The highest BCUT2D eigenvalue weighted by Crippen LogP contribution is 2.26. The Kier molecular flexibility index (Phi) is 6.50. The van der Waals surface area contributed by atoms with E-state index in [9.17, 15) is 19.8 Å². The van der Waals surface area contributed by atoms with Crippen LogP contribution >= 0.6 is 11.3 Å². The first-order valence-corrected chi connectivity index (χ1v) is 11.0. The molecule has 8 nitrogen and oxygen atoms in total. The molecule has 1 aromatic carbocycles. The number of hydrogen-bond acceptors (Lipinski definition) is 7.